The minimum absolute atomic E-state index is 0.0162. The van der Waals surface area contributed by atoms with Crippen molar-refractivity contribution in [3.05, 3.63) is 24.3 Å². The van der Waals surface area contributed by atoms with E-state index in [-0.39, 0.29) is 25.1 Å². The minimum atomic E-state index is -1.06. The zero-order valence-electron chi connectivity index (χ0n) is 12.9. The average Bonchev–Trinajstić information content (AvgIpc) is 2.96. The van der Waals surface area contributed by atoms with E-state index in [4.69, 9.17) is 14.6 Å². The van der Waals surface area contributed by atoms with Crippen molar-refractivity contribution in [3.63, 3.8) is 0 Å². The van der Waals surface area contributed by atoms with Gasteiger partial charge in [-0.1, -0.05) is 12.1 Å². The molecule has 0 aliphatic carbocycles. The van der Waals surface area contributed by atoms with E-state index in [9.17, 15) is 9.59 Å². The predicted octanol–water partition coefficient (Wildman–Crippen LogP) is -0.194. The number of carbonyl (C=O) groups is 2. The van der Waals surface area contributed by atoms with Gasteiger partial charge in [-0.15, -0.1) is 0 Å². The highest BCUT2D eigenvalue weighted by molar-refractivity contribution is 5.77. The van der Waals surface area contributed by atoms with E-state index in [1.807, 2.05) is 24.3 Å². The quantitative estimate of drug-likeness (QED) is 0.752. The number of hydrogen-bond acceptors (Lipinski definition) is 6. The molecule has 128 valence electrons. The molecule has 9 heteroatoms. The standard InChI is InChI=1S/C15H18N4O5/c20-14(7-19-17-10-3-1-2-4-11(10)18-19)16-12-5-6-23-8-13(12)24-9-15(21)22/h1-4,12-13H,5-9H2,(H,16,20)(H,21,22)/t12-,13-/m1/s1. The van der Waals surface area contributed by atoms with Gasteiger partial charge in [0.25, 0.3) is 0 Å². The van der Waals surface area contributed by atoms with Crippen molar-refractivity contribution in [1.29, 1.82) is 0 Å². The number of aliphatic carboxylic acids is 1. The van der Waals surface area contributed by atoms with Crippen molar-refractivity contribution in [2.24, 2.45) is 0 Å². The Hall–Kier alpha value is -2.52. The molecule has 9 nitrogen and oxygen atoms in total. The topological polar surface area (TPSA) is 116 Å². The molecule has 3 rings (SSSR count). The Labute approximate surface area is 137 Å². The van der Waals surface area contributed by atoms with Gasteiger partial charge in [0.05, 0.1) is 12.6 Å². The number of nitrogens with one attached hydrogen (secondary N) is 1. The number of hydrogen-bond donors (Lipinski definition) is 2. The largest absolute Gasteiger partial charge is 0.480 e. The molecule has 24 heavy (non-hydrogen) atoms. The zero-order valence-corrected chi connectivity index (χ0v) is 12.9. The van der Waals surface area contributed by atoms with Gasteiger partial charge in [-0.3, -0.25) is 4.79 Å². The van der Waals surface area contributed by atoms with Gasteiger partial charge in [-0.2, -0.15) is 15.0 Å². The highest BCUT2D eigenvalue weighted by Gasteiger charge is 2.28. The number of carboxylic acids is 1. The van der Waals surface area contributed by atoms with Crippen molar-refractivity contribution in [1.82, 2.24) is 20.3 Å². The summed E-state index contributed by atoms with van der Waals surface area (Å²) in [4.78, 5) is 24.2. The Balaban J connectivity index is 1.58. The summed E-state index contributed by atoms with van der Waals surface area (Å²) in [6.07, 6.45) is 0.0771. The molecule has 0 spiro atoms. The summed E-state index contributed by atoms with van der Waals surface area (Å²) in [6, 6.07) is 7.06. The average molecular weight is 334 g/mol. The molecule has 1 saturated heterocycles. The Kier molecular flexibility index (Phi) is 5.02. The maximum absolute atomic E-state index is 12.2. The maximum Gasteiger partial charge on any atom is 0.329 e. The lowest BCUT2D eigenvalue weighted by atomic mass is 10.1. The van der Waals surface area contributed by atoms with E-state index < -0.39 is 18.7 Å². The molecule has 2 atom stereocenters. The van der Waals surface area contributed by atoms with Crippen molar-refractivity contribution < 1.29 is 24.2 Å². The number of carbonyl (C=O) groups excluding carboxylic acids is 1. The number of ether oxygens (including phenoxy) is 2. The fraction of sp³-hybridized carbons (Fsp3) is 0.467. The van der Waals surface area contributed by atoms with E-state index in [0.29, 0.717) is 13.0 Å². The number of amides is 1. The summed E-state index contributed by atoms with van der Waals surface area (Å²) in [5.74, 6) is -1.32. The zero-order chi connectivity index (χ0) is 16.9. The van der Waals surface area contributed by atoms with Crippen LogP contribution in [0.1, 0.15) is 6.42 Å². The predicted molar refractivity (Wildman–Crippen MR) is 82.3 cm³/mol. The van der Waals surface area contributed by atoms with Crippen LogP contribution in [-0.2, 0) is 25.6 Å². The highest BCUT2D eigenvalue weighted by atomic mass is 16.5. The number of carboxylic acid groups (broad SMARTS) is 1. The molecular formula is C15H18N4O5. The SMILES string of the molecule is O=C(O)CO[C@@H]1COCC[C@H]1NC(=O)Cn1nc2ccccc2n1. The second kappa shape index (κ2) is 7.37. The van der Waals surface area contributed by atoms with Gasteiger partial charge in [0.2, 0.25) is 5.91 Å². The van der Waals surface area contributed by atoms with E-state index in [1.54, 1.807) is 0 Å². The highest BCUT2D eigenvalue weighted by Crippen LogP contribution is 2.12. The van der Waals surface area contributed by atoms with Gasteiger partial charge in [0, 0.05) is 6.61 Å². The number of benzene rings is 1. The summed E-state index contributed by atoms with van der Waals surface area (Å²) in [5, 5.41) is 20.0. The lowest BCUT2D eigenvalue weighted by Crippen LogP contribution is -2.51. The van der Waals surface area contributed by atoms with Crippen LogP contribution in [0.25, 0.3) is 11.0 Å². The fourth-order valence-corrected chi connectivity index (χ4v) is 2.58. The second-order valence-corrected chi connectivity index (χ2v) is 5.50. The van der Waals surface area contributed by atoms with Crippen LogP contribution in [0.2, 0.25) is 0 Å². The molecule has 2 aromatic rings. The van der Waals surface area contributed by atoms with E-state index in [2.05, 4.69) is 15.5 Å². The van der Waals surface area contributed by atoms with Gasteiger partial charge in [-0.25, -0.2) is 4.79 Å². The number of fused-ring (bicyclic) bond motifs is 1. The fourth-order valence-electron chi connectivity index (χ4n) is 2.58. The lowest BCUT2D eigenvalue weighted by Gasteiger charge is -2.31. The van der Waals surface area contributed by atoms with Crippen LogP contribution < -0.4 is 5.32 Å². The van der Waals surface area contributed by atoms with Crippen LogP contribution in [0.15, 0.2) is 24.3 Å². The summed E-state index contributed by atoms with van der Waals surface area (Å²) < 4.78 is 10.6. The van der Waals surface area contributed by atoms with Crippen molar-refractivity contribution >= 4 is 22.9 Å². The number of aromatic nitrogens is 3. The molecule has 0 radical (unpaired) electrons. The molecular weight excluding hydrogens is 316 g/mol. The van der Waals surface area contributed by atoms with E-state index in [1.165, 1.54) is 4.80 Å². The summed E-state index contributed by atoms with van der Waals surface area (Å²) >= 11 is 0. The first-order chi connectivity index (χ1) is 11.6. The molecule has 1 aromatic carbocycles. The van der Waals surface area contributed by atoms with Crippen molar-refractivity contribution in [3.8, 4) is 0 Å². The van der Waals surface area contributed by atoms with Gasteiger partial charge >= 0.3 is 5.97 Å². The van der Waals surface area contributed by atoms with Gasteiger partial charge in [0.1, 0.15) is 30.3 Å². The van der Waals surface area contributed by atoms with Crippen LogP contribution in [0.3, 0.4) is 0 Å². The molecule has 1 aliphatic heterocycles. The third kappa shape index (κ3) is 4.06. The van der Waals surface area contributed by atoms with Crippen LogP contribution in [-0.4, -0.2) is 63.9 Å². The first kappa shape index (κ1) is 16.3. The normalized spacial score (nSPS) is 20.8. The lowest BCUT2D eigenvalue weighted by molar-refractivity contribution is -0.149. The van der Waals surface area contributed by atoms with Crippen LogP contribution in [0.4, 0.5) is 0 Å². The van der Waals surface area contributed by atoms with E-state index >= 15 is 0 Å². The third-order valence-corrected chi connectivity index (χ3v) is 3.68. The summed E-state index contributed by atoms with van der Waals surface area (Å²) in [6.45, 7) is 0.300. The second-order valence-electron chi connectivity index (χ2n) is 5.50. The Bertz CT molecular complexity index is 698. The molecule has 2 heterocycles. The maximum atomic E-state index is 12.2. The Morgan fingerprint density at radius 3 is 2.71 bits per heavy atom. The molecule has 0 bridgehead atoms. The molecule has 1 aliphatic rings. The third-order valence-electron chi connectivity index (χ3n) is 3.68. The molecule has 2 N–H and O–H groups in total. The van der Waals surface area contributed by atoms with Crippen LogP contribution >= 0.6 is 0 Å². The minimum Gasteiger partial charge on any atom is -0.480 e. The monoisotopic (exact) mass is 334 g/mol. The van der Waals surface area contributed by atoms with Gasteiger partial charge < -0.3 is 19.9 Å². The van der Waals surface area contributed by atoms with Gasteiger partial charge in [0.15, 0.2) is 0 Å². The first-order valence-electron chi connectivity index (χ1n) is 7.62. The van der Waals surface area contributed by atoms with Crippen molar-refractivity contribution in [2.45, 2.75) is 25.1 Å². The van der Waals surface area contributed by atoms with Crippen molar-refractivity contribution in [2.75, 3.05) is 19.8 Å². The molecule has 0 unspecified atom stereocenters. The smallest absolute Gasteiger partial charge is 0.329 e. The Morgan fingerprint density at radius 2 is 2.04 bits per heavy atom. The first-order valence-corrected chi connectivity index (χ1v) is 7.62. The van der Waals surface area contributed by atoms with Crippen LogP contribution in [0.5, 0.6) is 0 Å². The van der Waals surface area contributed by atoms with E-state index in [0.717, 1.165) is 11.0 Å². The van der Waals surface area contributed by atoms with Crippen LogP contribution in [0, 0.1) is 0 Å². The molecule has 0 saturated carbocycles. The number of rotatable bonds is 6. The number of nitrogens with zero attached hydrogens (tertiary/aromatic N) is 3. The Morgan fingerprint density at radius 1 is 1.33 bits per heavy atom. The molecule has 1 amide bonds. The molecule has 1 fully saturated rings. The van der Waals surface area contributed by atoms with Gasteiger partial charge in [-0.05, 0) is 18.6 Å². The summed E-state index contributed by atoms with van der Waals surface area (Å²) in [7, 11) is 0. The summed E-state index contributed by atoms with van der Waals surface area (Å²) in [5.41, 5.74) is 1.44. The molecule has 1 aromatic heterocycles.